The minimum absolute atomic E-state index is 0.265. The van der Waals surface area contributed by atoms with Crippen LogP contribution in [0.1, 0.15) is 12.5 Å². The van der Waals surface area contributed by atoms with Crippen molar-refractivity contribution >= 4 is 28.7 Å². The number of amides is 1. The molecule has 6 heteroatoms. The molecule has 1 aromatic heterocycles. The molecule has 0 atom stereocenters. The first-order valence-electron chi connectivity index (χ1n) is 7.58. The second kappa shape index (κ2) is 6.87. The summed E-state index contributed by atoms with van der Waals surface area (Å²) in [6, 6.07) is 12.7. The first-order valence-corrected chi connectivity index (χ1v) is 7.58. The molecule has 24 heavy (non-hydrogen) atoms. The Bertz CT molecular complexity index is 953. The molecule has 0 aliphatic heterocycles. The number of fused-ring (bicyclic) bond motifs is 1. The molecule has 0 fully saturated rings. The number of carbonyl (C=O) groups is 1. The molecule has 0 unspecified atom stereocenters. The fourth-order valence-electron chi connectivity index (χ4n) is 2.36. The van der Waals surface area contributed by atoms with Crippen molar-refractivity contribution in [1.29, 1.82) is 0 Å². The quantitative estimate of drug-likeness (QED) is 0.631. The van der Waals surface area contributed by atoms with Crippen LogP contribution in [0.15, 0.2) is 53.3 Å². The van der Waals surface area contributed by atoms with Gasteiger partial charge in [0.25, 0.3) is 0 Å². The normalized spacial score (nSPS) is 11.0. The van der Waals surface area contributed by atoms with E-state index in [1.54, 1.807) is 24.3 Å². The molecule has 0 aliphatic carbocycles. The standard InChI is InChI=1S/C18H17N3O3/c1-2-24-16-6-4-3-5-12(16)7-10-17(22)19-13-8-9-14-15(11-13)21-18(23)20-14/h3-11H,2H2,1H3,(H,19,22)(H2,20,21,23)/b10-7+. The van der Waals surface area contributed by atoms with Crippen LogP contribution < -0.4 is 15.7 Å². The Morgan fingerprint density at radius 2 is 1.96 bits per heavy atom. The van der Waals surface area contributed by atoms with Gasteiger partial charge < -0.3 is 20.0 Å². The molecule has 0 saturated heterocycles. The van der Waals surface area contributed by atoms with Crippen LogP contribution in [-0.4, -0.2) is 22.5 Å². The van der Waals surface area contributed by atoms with Gasteiger partial charge in [-0.15, -0.1) is 0 Å². The number of para-hydroxylation sites is 1. The van der Waals surface area contributed by atoms with Crippen molar-refractivity contribution in [3.63, 3.8) is 0 Å². The highest BCUT2D eigenvalue weighted by Gasteiger charge is 2.03. The second-order valence-electron chi connectivity index (χ2n) is 5.13. The lowest BCUT2D eigenvalue weighted by atomic mass is 10.2. The summed E-state index contributed by atoms with van der Waals surface area (Å²) < 4.78 is 5.52. The number of carbonyl (C=O) groups excluding carboxylic acids is 1. The maximum absolute atomic E-state index is 12.1. The minimum atomic E-state index is -0.277. The number of anilines is 1. The van der Waals surface area contributed by atoms with Crippen LogP contribution in [0.2, 0.25) is 0 Å². The van der Waals surface area contributed by atoms with E-state index in [0.29, 0.717) is 23.3 Å². The fourth-order valence-corrected chi connectivity index (χ4v) is 2.36. The van der Waals surface area contributed by atoms with Crippen molar-refractivity contribution in [3.8, 4) is 5.75 Å². The van der Waals surface area contributed by atoms with Gasteiger partial charge in [-0.3, -0.25) is 4.79 Å². The van der Waals surface area contributed by atoms with Gasteiger partial charge >= 0.3 is 5.69 Å². The average molecular weight is 323 g/mol. The fraction of sp³-hybridized carbons (Fsp3) is 0.111. The summed E-state index contributed by atoms with van der Waals surface area (Å²) in [6.07, 6.45) is 3.15. The number of aromatic nitrogens is 2. The van der Waals surface area contributed by atoms with Gasteiger partial charge in [-0.2, -0.15) is 0 Å². The predicted molar refractivity (Wildman–Crippen MR) is 94.2 cm³/mol. The van der Waals surface area contributed by atoms with Crippen LogP contribution in [-0.2, 0) is 4.79 Å². The van der Waals surface area contributed by atoms with Gasteiger partial charge in [0.15, 0.2) is 0 Å². The Morgan fingerprint density at radius 1 is 1.17 bits per heavy atom. The summed E-state index contributed by atoms with van der Waals surface area (Å²) in [7, 11) is 0. The Hall–Kier alpha value is -3.28. The largest absolute Gasteiger partial charge is 0.493 e. The highest BCUT2D eigenvalue weighted by atomic mass is 16.5. The second-order valence-corrected chi connectivity index (χ2v) is 5.13. The SMILES string of the molecule is CCOc1ccccc1/C=C/C(=O)Nc1ccc2[nH]c(=O)[nH]c2c1. The van der Waals surface area contributed by atoms with E-state index in [0.717, 1.165) is 11.3 Å². The van der Waals surface area contributed by atoms with E-state index in [1.165, 1.54) is 6.08 Å². The van der Waals surface area contributed by atoms with E-state index in [1.807, 2.05) is 31.2 Å². The molecule has 0 aliphatic rings. The molecule has 122 valence electrons. The third-order valence-corrected chi connectivity index (χ3v) is 3.42. The Balaban J connectivity index is 1.73. The van der Waals surface area contributed by atoms with Gasteiger partial charge in [0.1, 0.15) is 5.75 Å². The van der Waals surface area contributed by atoms with Crippen molar-refractivity contribution in [3.05, 3.63) is 64.6 Å². The molecule has 0 saturated carbocycles. The monoisotopic (exact) mass is 323 g/mol. The Kier molecular flexibility index (Phi) is 4.47. The molecule has 0 radical (unpaired) electrons. The summed E-state index contributed by atoms with van der Waals surface area (Å²) in [5, 5.41) is 2.76. The van der Waals surface area contributed by atoms with Crippen molar-refractivity contribution < 1.29 is 9.53 Å². The van der Waals surface area contributed by atoms with E-state index >= 15 is 0 Å². The van der Waals surface area contributed by atoms with Crippen LogP contribution in [0.25, 0.3) is 17.1 Å². The summed E-state index contributed by atoms with van der Waals surface area (Å²) >= 11 is 0. The van der Waals surface area contributed by atoms with E-state index < -0.39 is 0 Å². The first-order chi connectivity index (χ1) is 11.7. The maximum Gasteiger partial charge on any atom is 0.323 e. The van der Waals surface area contributed by atoms with Crippen molar-refractivity contribution in [2.75, 3.05) is 11.9 Å². The van der Waals surface area contributed by atoms with Crippen LogP contribution in [0, 0.1) is 0 Å². The number of nitrogens with one attached hydrogen (secondary N) is 3. The van der Waals surface area contributed by atoms with Gasteiger partial charge in [-0.25, -0.2) is 4.79 Å². The number of H-pyrrole nitrogens is 2. The zero-order valence-corrected chi connectivity index (χ0v) is 13.1. The molecule has 1 heterocycles. The van der Waals surface area contributed by atoms with Gasteiger partial charge in [-0.1, -0.05) is 18.2 Å². The van der Waals surface area contributed by atoms with E-state index in [9.17, 15) is 9.59 Å². The number of imidazole rings is 1. The molecule has 6 nitrogen and oxygen atoms in total. The van der Waals surface area contributed by atoms with Crippen LogP contribution in [0.4, 0.5) is 5.69 Å². The van der Waals surface area contributed by atoms with Gasteiger partial charge in [0, 0.05) is 17.3 Å². The van der Waals surface area contributed by atoms with Crippen molar-refractivity contribution in [2.45, 2.75) is 6.92 Å². The molecular formula is C18H17N3O3. The Labute approximate surface area is 138 Å². The van der Waals surface area contributed by atoms with Crippen molar-refractivity contribution in [2.24, 2.45) is 0 Å². The highest BCUT2D eigenvalue weighted by molar-refractivity contribution is 6.02. The summed E-state index contributed by atoms with van der Waals surface area (Å²) in [5.74, 6) is 0.467. The number of hydrogen-bond donors (Lipinski definition) is 3. The van der Waals surface area contributed by atoms with E-state index in [2.05, 4.69) is 15.3 Å². The zero-order valence-electron chi connectivity index (χ0n) is 13.1. The molecule has 1 amide bonds. The third kappa shape index (κ3) is 3.55. The molecule has 2 aromatic carbocycles. The summed E-state index contributed by atoms with van der Waals surface area (Å²) in [4.78, 5) is 28.6. The lowest BCUT2D eigenvalue weighted by Gasteiger charge is -2.06. The van der Waals surface area contributed by atoms with Crippen LogP contribution in [0.3, 0.4) is 0 Å². The highest BCUT2D eigenvalue weighted by Crippen LogP contribution is 2.19. The predicted octanol–water partition coefficient (Wildman–Crippen LogP) is 2.91. The van der Waals surface area contributed by atoms with Crippen LogP contribution in [0.5, 0.6) is 5.75 Å². The summed E-state index contributed by atoms with van der Waals surface area (Å²) in [6.45, 7) is 2.47. The molecule has 0 bridgehead atoms. The lowest BCUT2D eigenvalue weighted by Crippen LogP contribution is -2.07. The summed E-state index contributed by atoms with van der Waals surface area (Å²) in [5.41, 5.74) is 2.49. The van der Waals surface area contributed by atoms with Crippen molar-refractivity contribution in [1.82, 2.24) is 9.97 Å². The average Bonchev–Trinajstić information content (AvgIpc) is 2.93. The molecule has 3 N–H and O–H groups in total. The smallest absolute Gasteiger partial charge is 0.323 e. The number of ether oxygens (including phenoxy) is 1. The van der Waals surface area contributed by atoms with E-state index in [-0.39, 0.29) is 11.6 Å². The minimum Gasteiger partial charge on any atom is -0.493 e. The van der Waals surface area contributed by atoms with Crippen LogP contribution >= 0.6 is 0 Å². The van der Waals surface area contributed by atoms with Gasteiger partial charge in [-0.05, 0) is 37.3 Å². The van der Waals surface area contributed by atoms with E-state index in [4.69, 9.17) is 4.74 Å². The number of aromatic amines is 2. The van der Waals surface area contributed by atoms with Gasteiger partial charge in [0.2, 0.25) is 5.91 Å². The first kappa shape index (κ1) is 15.6. The molecule has 0 spiro atoms. The van der Waals surface area contributed by atoms with Gasteiger partial charge in [0.05, 0.1) is 17.6 Å². The zero-order chi connectivity index (χ0) is 16.9. The molecule has 3 aromatic rings. The molecule has 3 rings (SSSR count). The topological polar surface area (TPSA) is 87.0 Å². The Morgan fingerprint density at radius 3 is 2.79 bits per heavy atom. The number of benzene rings is 2. The third-order valence-electron chi connectivity index (χ3n) is 3.42. The molecular weight excluding hydrogens is 306 g/mol. The lowest BCUT2D eigenvalue weighted by molar-refractivity contribution is -0.111. The maximum atomic E-state index is 12.1. The number of hydrogen-bond acceptors (Lipinski definition) is 3. The number of rotatable bonds is 5.